The van der Waals surface area contributed by atoms with Crippen LogP contribution in [-0.4, -0.2) is 18.9 Å². The Morgan fingerprint density at radius 1 is 1.69 bits per heavy atom. The van der Waals surface area contributed by atoms with Gasteiger partial charge in [0.15, 0.2) is 0 Å². The second kappa shape index (κ2) is 4.98. The van der Waals surface area contributed by atoms with Crippen LogP contribution in [0.1, 0.15) is 24.6 Å². The number of Topliss-reactive ketones (excluding diaryl/α,β-unsaturated/α-hetero) is 1. The van der Waals surface area contributed by atoms with Crippen LogP contribution in [0.3, 0.4) is 0 Å². The third-order valence-electron chi connectivity index (χ3n) is 3.28. The summed E-state index contributed by atoms with van der Waals surface area (Å²) in [5.41, 5.74) is -0.165. The molecule has 1 unspecified atom stereocenters. The summed E-state index contributed by atoms with van der Waals surface area (Å²) in [5.74, 6) is 0.364. The summed E-state index contributed by atoms with van der Waals surface area (Å²) in [5, 5.41) is 5.34. The molecule has 1 N–H and O–H groups in total. The molecule has 0 saturated carbocycles. The van der Waals surface area contributed by atoms with Gasteiger partial charge in [-0.1, -0.05) is 6.92 Å². The minimum Gasteiger partial charge on any atom is -0.316 e. The minimum atomic E-state index is -0.165. The van der Waals surface area contributed by atoms with E-state index in [-0.39, 0.29) is 5.41 Å². The van der Waals surface area contributed by atoms with Gasteiger partial charge in [0.25, 0.3) is 0 Å². The zero-order valence-corrected chi connectivity index (χ0v) is 11.8. The molecule has 1 aliphatic heterocycles. The predicted molar refractivity (Wildman–Crippen MR) is 70.9 cm³/mol. The molecule has 2 nitrogen and oxygen atoms in total. The standard InChI is InChI=1S/C12H16BrNOS/c1-12(4-2-5-14-8-12)11(15)7-10-9(13)3-6-16-10/h3,6,14H,2,4-5,7-8H2,1H3. The third-order valence-corrected chi connectivity index (χ3v) is 5.21. The first-order valence-electron chi connectivity index (χ1n) is 5.58. The molecule has 1 aromatic rings. The molecule has 2 heterocycles. The van der Waals surface area contributed by atoms with E-state index in [9.17, 15) is 4.79 Å². The number of carbonyl (C=O) groups is 1. The van der Waals surface area contributed by atoms with Gasteiger partial charge in [0, 0.05) is 27.7 Å². The maximum absolute atomic E-state index is 12.3. The van der Waals surface area contributed by atoms with Crippen molar-refractivity contribution in [2.75, 3.05) is 13.1 Å². The molecule has 0 amide bonds. The van der Waals surface area contributed by atoms with E-state index >= 15 is 0 Å². The highest BCUT2D eigenvalue weighted by Gasteiger charge is 2.34. The molecule has 1 saturated heterocycles. The van der Waals surface area contributed by atoms with Crippen LogP contribution in [0, 0.1) is 5.41 Å². The molecule has 1 aliphatic rings. The fourth-order valence-electron chi connectivity index (χ4n) is 2.10. The van der Waals surface area contributed by atoms with E-state index in [1.165, 1.54) is 0 Å². The van der Waals surface area contributed by atoms with Crippen LogP contribution in [0.15, 0.2) is 15.9 Å². The molecule has 0 aromatic carbocycles. The first kappa shape index (κ1) is 12.3. The Balaban J connectivity index is 2.05. The summed E-state index contributed by atoms with van der Waals surface area (Å²) in [7, 11) is 0. The highest BCUT2D eigenvalue weighted by molar-refractivity contribution is 9.10. The number of piperidine rings is 1. The van der Waals surface area contributed by atoms with Gasteiger partial charge in [0.2, 0.25) is 0 Å². The first-order valence-corrected chi connectivity index (χ1v) is 7.25. The van der Waals surface area contributed by atoms with E-state index in [0.29, 0.717) is 12.2 Å². The van der Waals surface area contributed by atoms with Gasteiger partial charge in [-0.25, -0.2) is 0 Å². The molecule has 1 aromatic heterocycles. The van der Waals surface area contributed by atoms with Crippen molar-refractivity contribution >= 4 is 33.0 Å². The van der Waals surface area contributed by atoms with E-state index in [1.54, 1.807) is 11.3 Å². The quantitative estimate of drug-likeness (QED) is 0.930. The number of hydrogen-bond donors (Lipinski definition) is 1. The second-order valence-electron chi connectivity index (χ2n) is 4.63. The molecular formula is C12H16BrNOS. The van der Waals surface area contributed by atoms with Crippen LogP contribution in [0.5, 0.6) is 0 Å². The number of thiophene rings is 1. The molecule has 1 fully saturated rings. The number of nitrogens with one attached hydrogen (secondary N) is 1. The second-order valence-corrected chi connectivity index (χ2v) is 6.49. The average molecular weight is 302 g/mol. The molecule has 1 atom stereocenters. The molecule has 88 valence electrons. The van der Waals surface area contributed by atoms with Gasteiger partial charge in [-0.3, -0.25) is 4.79 Å². The zero-order chi connectivity index (χ0) is 11.6. The Hall–Kier alpha value is -0.190. The monoisotopic (exact) mass is 301 g/mol. The Labute approximate surface area is 109 Å². The number of rotatable bonds is 3. The van der Waals surface area contributed by atoms with Crippen molar-refractivity contribution in [2.45, 2.75) is 26.2 Å². The maximum Gasteiger partial charge on any atom is 0.145 e. The average Bonchev–Trinajstić information content (AvgIpc) is 2.65. The number of ketones is 1. The van der Waals surface area contributed by atoms with E-state index in [2.05, 4.69) is 28.2 Å². The van der Waals surface area contributed by atoms with Gasteiger partial charge in [-0.2, -0.15) is 0 Å². The van der Waals surface area contributed by atoms with Crippen molar-refractivity contribution in [3.63, 3.8) is 0 Å². The summed E-state index contributed by atoms with van der Waals surface area (Å²) >= 11 is 5.13. The lowest BCUT2D eigenvalue weighted by atomic mass is 9.77. The van der Waals surface area contributed by atoms with E-state index < -0.39 is 0 Å². The molecular weight excluding hydrogens is 286 g/mol. The Morgan fingerprint density at radius 2 is 2.50 bits per heavy atom. The highest BCUT2D eigenvalue weighted by atomic mass is 79.9. The Morgan fingerprint density at radius 3 is 3.06 bits per heavy atom. The topological polar surface area (TPSA) is 29.1 Å². The highest BCUT2D eigenvalue weighted by Crippen LogP contribution is 2.31. The predicted octanol–water partition coefficient (Wildman–Crippen LogP) is 3.01. The summed E-state index contributed by atoms with van der Waals surface area (Å²) < 4.78 is 1.07. The maximum atomic E-state index is 12.3. The van der Waals surface area contributed by atoms with Gasteiger partial charge < -0.3 is 5.32 Å². The van der Waals surface area contributed by atoms with Crippen LogP contribution in [0.4, 0.5) is 0 Å². The van der Waals surface area contributed by atoms with Crippen molar-refractivity contribution in [1.29, 1.82) is 0 Å². The summed E-state index contributed by atoms with van der Waals surface area (Å²) in [6.07, 6.45) is 2.69. The van der Waals surface area contributed by atoms with Crippen molar-refractivity contribution in [1.82, 2.24) is 5.32 Å². The zero-order valence-electron chi connectivity index (χ0n) is 9.38. The van der Waals surface area contributed by atoms with Crippen LogP contribution < -0.4 is 5.32 Å². The van der Waals surface area contributed by atoms with Gasteiger partial charge in [0.05, 0.1) is 0 Å². The third kappa shape index (κ3) is 2.55. The largest absolute Gasteiger partial charge is 0.316 e. The van der Waals surface area contributed by atoms with E-state index in [1.807, 2.05) is 11.4 Å². The molecule has 4 heteroatoms. The van der Waals surface area contributed by atoms with Gasteiger partial charge >= 0.3 is 0 Å². The lowest BCUT2D eigenvalue weighted by Crippen LogP contribution is -2.44. The van der Waals surface area contributed by atoms with E-state index in [4.69, 9.17) is 0 Å². The number of hydrogen-bond acceptors (Lipinski definition) is 3. The summed E-state index contributed by atoms with van der Waals surface area (Å²) in [4.78, 5) is 13.4. The number of halogens is 1. The lowest BCUT2D eigenvalue weighted by Gasteiger charge is -2.32. The van der Waals surface area contributed by atoms with E-state index in [0.717, 1.165) is 35.3 Å². The Bertz CT molecular complexity index is 382. The minimum absolute atomic E-state index is 0.165. The Kier molecular flexibility index (Phi) is 3.82. The summed E-state index contributed by atoms with van der Waals surface area (Å²) in [6.45, 7) is 3.96. The van der Waals surface area contributed by atoms with Gasteiger partial charge in [-0.05, 0) is 46.8 Å². The van der Waals surface area contributed by atoms with Crippen molar-refractivity contribution in [3.05, 3.63) is 20.8 Å². The molecule has 2 rings (SSSR count). The van der Waals surface area contributed by atoms with Crippen molar-refractivity contribution in [2.24, 2.45) is 5.41 Å². The van der Waals surface area contributed by atoms with Crippen LogP contribution in [0.2, 0.25) is 0 Å². The first-order chi connectivity index (χ1) is 7.62. The molecule has 0 spiro atoms. The molecule has 0 aliphatic carbocycles. The molecule has 0 bridgehead atoms. The fourth-order valence-corrected chi connectivity index (χ4v) is 3.60. The smallest absolute Gasteiger partial charge is 0.145 e. The van der Waals surface area contributed by atoms with Crippen molar-refractivity contribution in [3.8, 4) is 0 Å². The van der Waals surface area contributed by atoms with Gasteiger partial charge in [-0.15, -0.1) is 11.3 Å². The molecule has 0 radical (unpaired) electrons. The lowest BCUT2D eigenvalue weighted by molar-refractivity contribution is -0.128. The number of carbonyl (C=O) groups excluding carboxylic acids is 1. The van der Waals surface area contributed by atoms with Crippen LogP contribution in [-0.2, 0) is 11.2 Å². The fraction of sp³-hybridized carbons (Fsp3) is 0.583. The van der Waals surface area contributed by atoms with Crippen molar-refractivity contribution < 1.29 is 4.79 Å². The van der Waals surface area contributed by atoms with Gasteiger partial charge in [0.1, 0.15) is 5.78 Å². The molecule has 16 heavy (non-hydrogen) atoms. The summed E-state index contributed by atoms with van der Waals surface area (Å²) in [6, 6.07) is 2.01. The normalized spacial score (nSPS) is 25.6. The van der Waals surface area contributed by atoms with Crippen LogP contribution in [0.25, 0.3) is 0 Å². The SMILES string of the molecule is CC1(C(=O)Cc2sccc2Br)CCCNC1. The van der Waals surface area contributed by atoms with Crippen LogP contribution >= 0.6 is 27.3 Å².